The van der Waals surface area contributed by atoms with Crippen LogP contribution in [-0.4, -0.2) is 33.7 Å². The van der Waals surface area contributed by atoms with Gasteiger partial charge in [0.15, 0.2) is 5.75 Å². The van der Waals surface area contributed by atoms with Gasteiger partial charge >= 0.3 is 0 Å². The largest absolute Gasteiger partial charge is 0.493 e. The number of hydrogen-bond acceptors (Lipinski definition) is 4. The number of nitrogens with zero attached hydrogens (tertiary/aromatic N) is 4. The van der Waals surface area contributed by atoms with E-state index < -0.39 is 0 Å². The standard InChI is InChI=1S/C15H25N5O/c1-6-8-20-15(13(21-5)10-17-20)14(16-3)12-9-11(7-2)18-19(12)4/h9-10,14,16H,6-8H2,1-5H3. The van der Waals surface area contributed by atoms with Gasteiger partial charge in [0.2, 0.25) is 0 Å². The Morgan fingerprint density at radius 3 is 2.67 bits per heavy atom. The lowest BCUT2D eigenvalue weighted by molar-refractivity contribution is 0.398. The minimum atomic E-state index is 0.00630. The molecular formula is C15H25N5O. The topological polar surface area (TPSA) is 56.9 Å². The number of ether oxygens (including phenoxy) is 1. The van der Waals surface area contributed by atoms with E-state index in [9.17, 15) is 0 Å². The smallest absolute Gasteiger partial charge is 0.161 e. The van der Waals surface area contributed by atoms with Crippen LogP contribution in [0.25, 0.3) is 0 Å². The van der Waals surface area contributed by atoms with Gasteiger partial charge in [-0.05, 0) is 26.0 Å². The molecule has 0 aliphatic heterocycles. The summed E-state index contributed by atoms with van der Waals surface area (Å²) in [6.07, 6.45) is 3.74. The molecule has 2 rings (SSSR count). The fourth-order valence-corrected chi connectivity index (χ4v) is 2.63. The van der Waals surface area contributed by atoms with Crippen LogP contribution in [0.3, 0.4) is 0 Å². The lowest BCUT2D eigenvalue weighted by atomic mass is 10.1. The van der Waals surface area contributed by atoms with Crippen LogP contribution in [0.15, 0.2) is 12.3 Å². The average Bonchev–Trinajstić information content (AvgIpc) is 3.05. The summed E-state index contributed by atoms with van der Waals surface area (Å²) in [5.41, 5.74) is 3.26. The maximum Gasteiger partial charge on any atom is 0.161 e. The van der Waals surface area contributed by atoms with E-state index in [1.165, 1.54) is 0 Å². The van der Waals surface area contributed by atoms with E-state index in [1.807, 2.05) is 23.5 Å². The number of aromatic nitrogens is 4. The van der Waals surface area contributed by atoms with Crippen LogP contribution in [0.2, 0.25) is 0 Å². The predicted octanol–water partition coefficient (Wildman–Crippen LogP) is 1.91. The number of methoxy groups -OCH3 is 1. The summed E-state index contributed by atoms with van der Waals surface area (Å²) >= 11 is 0. The number of aryl methyl sites for hydroxylation is 3. The molecule has 0 aromatic carbocycles. The highest BCUT2D eigenvalue weighted by Crippen LogP contribution is 2.30. The van der Waals surface area contributed by atoms with Crippen LogP contribution in [-0.2, 0) is 20.0 Å². The molecule has 6 nitrogen and oxygen atoms in total. The summed E-state index contributed by atoms with van der Waals surface area (Å²) in [7, 11) is 5.61. The van der Waals surface area contributed by atoms with Crippen LogP contribution in [0.5, 0.6) is 5.75 Å². The summed E-state index contributed by atoms with van der Waals surface area (Å²) in [6.45, 7) is 5.13. The summed E-state index contributed by atoms with van der Waals surface area (Å²) in [4.78, 5) is 0. The van der Waals surface area contributed by atoms with Gasteiger partial charge in [-0.2, -0.15) is 10.2 Å². The summed E-state index contributed by atoms with van der Waals surface area (Å²) < 4.78 is 9.44. The van der Waals surface area contributed by atoms with Gasteiger partial charge in [0.05, 0.1) is 30.7 Å². The molecule has 2 aromatic heterocycles. The Morgan fingerprint density at radius 2 is 2.14 bits per heavy atom. The second-order valence-electron chi connectivity index (χ2n) is 5.08. The zero-order valence-corrected chi connectivity index (χ0v) is 13.6. The van der Waals surface area contributed by atoms with Gasteiger partial charge in [-0.3, -0.25) is 9.36 Å². The predicted molar refractivity (Wildman–Crippen MR) is 82.6 cm³/mol. The van der Waals surface area contributed by atoms with Crippen molar-refractivity contribution in [3.8, 4) is 5.75 Å². The zero-order chi connectivity index (χ0) is 15.4. The zero-order valence-electron chi connectivity index (χ0n) is 13.6. The van der Waals surface area contributed by atoms with Crippen LogP contribution in [0, 0.1) is 0 Å². The molecule has 0 saturated heterocycles. The Bertz CT molecular complexity index is 587. The number of nitrogens with one attached hydrogen (secondary N) is 1. The Morgan fingerprint density at radius 1 is 1.38 bits per heavy atom. The second kappa shape index (κ2) is 6.76. The molecule has 1 N–H and O–H groups in total. The van der Waals surface area contributed by atoms with E-state index in [0.29, 0.717) is 0 Å². The van der Waals surface area contributed by atoms with Gasteiger partial charge < -0.3 is 10.1 Å². The fourth-order valence-electron chi connectivity index (χ4n) is 2.63. The highest BCUT2D eigenvalue weighted by Gasteiger charge is 2.25. The third kappa shape index (κ3) is 2.95. The third-order valence-electron chi connectivity index (χ3n) is 3.69. The normalized spacial score (nSPS) is 12.6. The quantitative estimate of drug-likeness (QED) is 0.846. The van der Waals surface area contributed by atoms with Crippen molar-refractivity contribution in [2.24, 2.45) is 7.05 Å². The maximum absolute atomic E-state index is 5.50. The number of hydrogen-bond donors (Lipinski definition) is 1. The molecule has 1 unspecified atom stereocenters. The van der Waals surface area contributed by atoms with Crippen molar-refractivity contribution < 1.29 is 4.74 Å². The molecule has 0 amide bonds. The van der Waals surface area contributed by atoms with Crippen molar-refractivity contribution in [1.82, 2.24) is 24.9 Å². The molecule has 0 spiro atoms. The van der Waals surface area contributed by atoms with Crippen molar-refractivity contribution >= 4 is 0 Å². The van der Waals surface area contributed by atoms with Crippen LogP contribution >= 0.6 is 0 Å². The molecule has 0 fully saturated rings. The molecule has 0 aliphatic carbocycles. The first-order valence-corrected chi connectivity index (χ1v) is 7.45. The first kappa shape index (κ1) is 15.6. The van der Waals surface area contributed by atoms with Crippen molar-refractivity contribution in [3.63, 3.8) is 0 Å². The Hall–Kier alpha value is -1.82. The second-order valence-corrected chi connectivity index (χ2v) is 5.08. The van der Waals surface area contributed by atoms with Gasteiger partial charge in [-0.15, -0.1) is 0 Å². The van der Waals surface area contributed by atoms with Crippen LogP contribution in [0.1, 0.15) is 43.4 Å². The number of rotatable bonds is 7. The van der Waals surface area contributed by atoms with Crippen LogP contribution < -0.4 is 10.1 Å². The first-order chi connectivity index (χ1) is 10.2. The lowest BCUT2D eigenvalue weighted by Gasteiger charge is -2.19. The van der Waals surface area contributed by atoms with Gasteiger partial charge in [0.25, 0.3) is 0 Å². The van der Waals surface area contributed by atoms with E-state index in [4.69, 9.17) is 4.74 Å². The molecule has 2 aromatic rings. The molecule has 0 radical (unpaired) electrons. The van der Waals surface area contributed by atoms with Crippen molar-refractivity contribution in [1.29, 1.82) is 0 Å². The van der Waals surface area contributed by atoms with Crippen LogP contribution in [0.4, 0.5) is 0 Å². The van der Waals surface area contributed by atoms with Gasteiger partial charge in [0, 0.05) is 13.6 Å². The summed E-state index contributed by atoms with van der Waals surface area (Å²) in [5.74, 6) is 0.807. The summed E-state index contributed by atoms with van der Waals surface area (Å²) in [6, 6.07) is 2.15. The van der Waals surface area contributed by atoms with E-state index in [-0.39, 0.29) is 6.04 Å². The molecule has 0 saturated carbocycles. The van der Waals surface area contributed by atoms with Crippen molar-refractivity contribution in [2.75, 3.05) is 14.2 Å². The minimum Gasteiger partial charge on any atom is -0.493 e. The molecule has 21 heavy (non-hydrogen) atoms. The molecule has 116 valence electrons. The monoisotopic (exact) mass is 291 g/mol. The molecule has 0 bridgehead atoms. The van der Waals surface area contributed by atoms with Crippen molar-refractivity contribution in [2.45, 2.75) is 39.3 Å². The van der Waals surface area contributed by atoms with Gasteiger partial charge in [-0.1, -0.05) is 13.8 Å². The summed E-state index contributed by atoms with van der Waals surface area (Å²) in [5, 5.41) is 12.4. The highest BCUT2D eigenvalue weighted by molar-refractivity contribution is 5.34. The molecule has 1 atom stereocenters. The highest BCUT2D eigenvalue weighted by atomic mass is 16.5. The van der Waals surface area contributed by atoms with E-state index >= 15 is 0 Å². The SMILES string of the molecule is CCCn1ncc(OC)c1C(NC)c1cc(CC)nn1C. The average molecular weight is 291 g/mol. The van der Waals surface area contributed by atoms with E-state index in [1.54, 1.807) is 13.3 Å². The Kier molecular flexibility index (Phi) is 5.01. The van der Waals surface area contributed by atoms with Gasteiger partial charge in [-0.25, -0.2) is 0 Å². The third-order valence-corrected chi connectivity index (χ3v) is 3.69. The van der Waals surface area contributed by atoms with Gasteiger partial charge in [0.1, 0.15) is 5.69 Å². The molecular weight excluding hydrogens is 266 g/mol. The van der Waals surface area contributed by atoms with Crippen molar-refractivity contribution in [3.05, 3.63) is 29.3 Å². The van der Waals surface area contributed by atoms with E-state index in [0.717, 1.165) is 42.2 Å². The Labute approximate surface area is 126 Å². The molecule has 0 aliphatic rings. The Balaban J connectivity index is 2.49. The molecule has 6 heteroatoms. The minimum absolute atomic E-state index is 0.00630. The fraction of sp³-hybridized carbons (Fsp3) is 0.600. The lowest BCUT2D eigenvalue weighted by Crippen LogP contribution is -2.24. The van der Waals surface area contributed by atoms with E-state index in [2.05, 4.69) is 35.4 Å². The maximum atomic E-state index is 5.50. The first-order valence-electron chi connectivity index (χ1n) is 7.45. The molecule has 2 heterocycles.